The summed E-state index contributed by atoms with van der Waals surface area (Å²) in [7, 11) is 4.56. The number of amides is 1. The lowest BCUT2D eigenvalue weighted by Crippen LogP contribution is -2.28. The van der Waals surface area contributed by atoms with Crippen LogP contribution in [0.1, 0.15) is 47.4 Å². The first kappa shape index (κ1) is 24.9. The number of carbonyl (C=O) groups excluding carboxylic acids is 1. The van der Waals surface area contributed by atoms with Gasteiger partial charge in [-0.05, 0) is 48.4 Å². The van der Waals surface area contributed by atoms with E-state index in [1.807, 2.05) is 0 Å². The first-order valence-electron chi connectivity index (χ1n) is 11.4. The van der Waals surface area contributed by atoms with Gasteiger partial charge in [-0.1, -0.05) is 18.1 Å². The Balaban J connectivity index is 1.57. The number of nitrogens with two attached hydrogens (primary N) is 1. The highest BCUT2D eigenvalue weighted by Gasteiger charge is 2.26. The number of hydrazone groups is 1. The summed E-state index contributed by atoms with van der Waals surface area (Å²) in [6.07, 6.45) is 5.97. The van der Waals surface area contributed by atoms with Crippen LogP contribution in [0, 0.1) is 0 Å². The van der Waals surface area contributed by atoms with Crippen LogP contribution in [0.4, 0.5) is 5.82 Å². The van der Waals surface area contributed by atoms with E-state index in [-0.39, 0.29) is 17.3 Å². The Morgan fingerprint density at radius 1 is 1.11 bits per heavy atom. The lowest BCUT2D eigenvalue weighted by atomic mass is 10.2. The van der Waals surface area contributed by atoms with Crippen LogP contribution < -0.4 is 25.4 Å². The Labute approximate surface area is 207 Å². The molecule has 192 valence electrons. The molecular weight excluding hydrogens is 470 g/mol. The molecule has 1 saturated heterocycles. The minimum Gasteiger partial charge on any atom is -0.493 e. The lowest BCUT2D eigenvalue weighted by molar-refractivity contribution is 0.0948. The predicted octanol–water partition coefficient (Wildman–Crippen LogP) is 1.40. The molecule has 0 saturated carbocycles. The van der Waals surface area contributed by atoms with Gasteiger partial charge >= 0.3 is 0 Å². The summed E-state index contributed by atoms with van der Waals surface area (Å²) in [6.45, 7) is 2.23. The second-order valence-corrected chi connectivity index (χ2v) is 8.12. The van der Waals surface area contributed by atoms with Gasteiger partial charge in [-0.25, -0.2) is 10.1 Å². The van der Waals surface area contributed by atoms with Crippen LogP contribution >= 0.6 is 0 Å². The van der Waals surface area contributed by atoms with Crippen molar-refractivity contribution in [3.8, 4) is 23.1 Å². The van der Waals surface area contributed by atoms with Crippen molar-refractivity contribution in [1.29, 1.82) is 0 Å². The van der Waals surface area contributed by atoms with E-state index < -0.39 is 5.91 Å². The van der Waals surface area contributed by atoms with Crippen LogP contribution in [0.2, 0.25) is 0 Å². The van der Waals surface area contributed by atoms with Crippen LogP contribution in [0.3, 0.4) is 0 Å². The van der Waals surface area contributed by atoms with Gasteiger partial charge in [0.1, 0.15) is 0 Å². The van der Waals surface area contributed by atoms with Gasteiger partial charge in [0, 0.05) is 12.1 Å². The summed E-state index contributed by atoms with van der Waals surface area (Å²) in [4.78, 5) is 15.3. The molecule has 3 aromatic rings. The van der Waals surface area contributed by atoms with E-state index in [1.54, 1.807) is 12.1 Å². The van der Waals surface area contributed by atoms with E-state index >= 15 is 0 Å². The Bertz CT molecular complexity index is 1190. The molecule has 1 amide bonds. The van der Waals surface area contributed by atoms with Crippen molar-refractivity contribution >= 4 is 17.9 Å². The average Bonchev–Trinajstić information content (AvgIpc) is 3.40. The van der Waals surface area contributed by atoms with E-state index in [2.05, 4.69) is 36.1 Å². The molecule has 1 aromatic carbocycles. The number of methoxy groups -OCH3 is 3. The monoisotopic (exact) mass is 499 g/mol. The molecular formula is C22H29N9O5. The molecule has 2 aromatic heterocycles. The molecule has 0 aliphatic carbocycles. The molecule has 0 atom stereocenters. The van der Waals surface area contributed by atoms with E-state index in [0.29, 0.717) is 35.1 Å². The van der Waals surface area contributed by atoms with Crippen LogP contribution in [-0.2, 0) is 6.54 Å². The number of ether oxygens (including phenoxy) is 3. The smallest absolute Gasteiger partial charge is 0.293 e. The zero-order chi connectivity index (χ0) is 25.5. The molecule has 0 unspecified atom stereocenters. The van der Waals surface area contributed by atoms with Gasteiger partial charge in [-0.3, -0.25) is 9.69 Å². The molecule has 3 heterocycles. The average molecular weight is 500 g/mol. The zero-order valence-corrected chi connectivity index (χ0v) is 20.4. The van der Waals surface area contributed by atoms with Crippen molar-refractivity contribution in [3.63, 3.8) is 0 Å². The van der Waals surface area contributed by atoms with Crippen molar-refractivity contribution in [1.82, 2.24) is 35.6 Å². The standard InChI is InChI=1S/C22H29N9O5/c1-33-16-10-14(11-17(34-2)19(16)35-3)12-24-26-22(32)18-15(13-30-8-6-4-5-7-9-30)31(29-25-18)21-20(23)27-36-28-21/h10-12H,4-9,13H2,1-3H3,(H2,23,27)(H,26,32)/b24-12-. The molecule has 1 aliphatic heterocycles. The minimum atomic E-state index is -0.537. The molecule has 3 N–H and O–H groups in total. The molecule has 1 fully saturated rings. The van der Waals surface area contributed by atoms with Crippen LogP contribution in [0.5, 0.6) is 17.2 Å². The zero-order valence-electron chi connectivity index (χ0n) is 20.4. The van der Waals surface area contributed by atoms with E-state index in [9.17, 15) is 4.79 Å². The molecule has 4 rings (SSSR count). The third-order valence-corrected chi connectivity index (χ3v) is 5.81. The second-order valence-electron chi connectivity index (χ2n) is 8.12. The molecule has 36 heavy (non-hydrogen) atoms. The van der Waals surface area contributed by atoms with E-state index in [4.69, 9.17) is 24.6 Å². The summed E-state index contributed by atoms with van der Waals surface area (Å²) in [5.74, 6) is 1.07. The number of aromatic nitrogens is 5. The van der Waals surface area contributed by atoms with Crippen molar-refractivity contribution in [2.75, 3.05) is 40.2 Å². The summed E-state index contributed by atoms with van der Waals surface area (Å²) in [5, 5.41) is 19.7. The Hall–Kier alpha value is -4.20. The second kappa shape index (κ2) is 11.5. The van der Waals surface area contributed by atoms with Crippen molar-refractivity contribution < 1.29 is 23.6 Å². The number of nitrogens with one attached hydrogen (secondary N) is 1. The summed E-state index contributed by atoms with van der Waals surface area (Å²) < 4.78 is 22.1. The predicted molar refractivity (Wildman–Crippen MR) is 129 cm³/mol. The van der Waals surface area contributed by atoms with Gasteiger partial charge in [0.05, 0.1) is 33.2 Å². The third-order valence-electron chi connectivity index (χ3n) is 5.81. The Morgan fingerprint density at radius 2 is 1.81 bits per heavy atom. The van der Waals surface area contributed by atoms with Gasteiger partial charge in [0.25, 0.3) is 5.91 Å². The molecule has 14 heteroatoms. The van der Waals surface area contributed by atoms with E-state index in [0.717, 1.165) is 25.9 Å². The fourth-order valence-corrected chi connectivity index (χ4v) is 4.03. The van der Waals surface area contributed by atoms with Crippen molar-refractivity contribution in [3.05, 3.63) is 29.1 Å². The normalized spacial score (nSPS) is 14.5. The van der Waals surface area contributed by atoms with E-state index in [1.165, 1.54) is 45.1 Å². The fraction of sp³-hybridized carbons (Fsp3) is 0.455. The minimum absolute atomic E-state index is 0.0457. The van der Waals surface area contributed by atoms with Crippen molar-refractivity contribution in [2.24, 2.45) is 5.10 Å². The molecule has 0 spiro atoms. The topological polar surface area (TPSA) is 168 Å². The summed E-state index contributed by atoms with van der Waals surface area (Å²) in [5.41, 5.74) is 9.62. The van der Waals surface area contributed by atoms with Crippen LogP contribution in [0.15, 0.2) is 21.9 Å². The lowest BCUT2D eigenvalue weighted by Gasteiger charge is -2.20. The number of anilines is 1. The first-order valence-corrected chi connectivity index (χ1v) is 11.4. The van der Waals surface area contributed by atoms with Gasteiger partial charge in [0.2, 0.25) is 17.4 Å². The number of nitrogen functional groups attached to an aromatic ring is 1. The maximum atomic E-state index is 13.1. The number of nitrogens with zero attached hydrogens (tertiary/aromatic N) is 7. The molecule has 0 bridgehead atoms. The Kier molecular flexibility index (Phi) is 7.95. The number of hydrogen-bond donors (Lipinski definition) is 2. The quantitative estimate of drug-likeness (QED) is 0.322. The van der Waals surface area contributed by atoms with Gasteiger partial charge < -0.3 is 19.9 Å². The third kappa shape index (κ3) is 5.38. The van der Waals surface area contributed by atoms with Crippen LogP contribution in [-0.4, -0.2) is 76.7 Å². The maximum Gasteiger partial charge on any atom is 0.293 e. The summed E-state index contributed by atoms with van der Waals surface area (Å²) in [6, 6.07) is 3.41. The number of likely N-dealkylation sites (tertiary alicyclic amines) is 1. The molecule has 1 aliphatic rings. The maximum absolute atomic E-state index is 13.1. The highest BCUT2D eigenvalue weighted by molar-refractivity contribution is 5.94. The van der Waals surface area contributed by atoms with Crippen molar-refractivity contribution in [2.45, 2.75) is 32.2 Å². The largest absolute Gasteiger partial charge is 0.493 e. The molecule has 14 nitrogen and oxygen atoms in total. The number of benzene rings is 1. The highest BCUT2D eigenvalue weighted by atomic mass is 16.6. The highest BCUT2D eigenvalue weighted by Crippen LogP contribution is 2.37. The van der Waals surface area contributed by atoms with Gasteiger partial charge in [0.15, 0.2) is 17.2 Å². The molecule has 0 radical (unpaired) electrons. The SMILES string of the molecule is COc1cc(/C=N\NC(=O)c2nnn(-c3nonc3N)c2CN2CCCCCC2)cc(OC)c1OC. The first-order chi connectivity index (χ1) is 17.5. The van der Waals surface area contributed by atoms with Gasteiger partial charge in [-0.15, -0.1) is 5.10 Å². The van der Waals surface area contributed by atoms with Crippen LogP contribution in [0.25, 0.3) is 5.82 Å². The Morgan fingerprint density at radius 3 is 2.39 bits per heavy atom. The number of rotatable bonds is 9. The number of hydrogen-bond acceptors (Lipinski definition) is 12. The fourth-order valence-electron chi connectivity index (χ4n) is 4.03. The number of carbonyl (C=O) groups is 1. The summed E-state index contributed by atoms with van der Waals surface area (Å²) >= 11 is 0. The van der Waals surface area contributed by atoms with Gasteiger partial charge in [-0.2, -0.15) is 9.78 Å².